The van der Waals surface area contributed by atoms with Crippen LogP contribution in [0.15, 0.2) is 23.1 Å². The molecule has 0 saturated carbocycles. The monoisotopic (exact) mass is 462 g/mol. The molecule has 166 valence electrons. The van der Waals surface area contributed by atoms with Crippen LogP contribution < -0.4 is 10.1 Å². The third kappa shape index (κ3) is 6.92. The second-order valence-electron chi connectivity index (χ2n) is 6.33. The fraction of sp³-hybridized carbons (Fsp3) is 0.444. The number of aromatic nitrogens is 2. The van der Waals surface area contributed by atoms with Gasteiger partial charge in [0.15, 0.2) is 17.9 Å². The minimum atomic E-state index is -1.43. The average Bonchev–Trinajstić information content (AvgIpc) is 2.70. The Hall–Kier alpha value is -1.72. The van der Waals surface area contributed by atoms with Crippen LogP contribution in [0.3, 0.4) is 0 Å². The van der Waals surface area contributed by atoms with Gasteiger partial charge >= 0.3 is 8.60 Å². The summed E-state index contributed by atoms with van der Waals surface area (Å²) in [6.07, 6.45) is 0.335. The summed E-state index contributed by atoms with van der Waals surface area (Å²) in [6.45, 7) is 4.38. The van der Waals surface area contributed by atoms with Crippen LogP contribution in [-0.4, -0.2) is 40.0 Å². The van der Waals surface area contributed by atoms with Gasteiger partial charge in [-0.25, -0.2) is 0 Å². The number of aryl methyl sites for hydroxylation is 3. The molecule has 1 aliphatic heterocycles. The van der Waals surface area contributed by atoms with Crippen molar-refractivity contribution in [3.05, 3.63) is 56.0 Å². The summed E-state index contributed by atoms with van der Waals surface area (Å²) >= 11 is 4.81. The summed E-state index contributed by atoms with van der Waals surface area (Å²) in [5, 5.41) is 17.7. The van der Waals surface area contributed by atoms with Crippen LogP contribution in [0, 0.1) is 24.4 Å². The first kappa shape index (κ1) is 24.5. The highest BCUT2D eigenvalue weighted by Gasteiger charge is 2.24. The second-order valence-corrected chi connectivity index (χ2v) is 7.86. The number of ether oxygens (including phenoxy) is 1. The third-order valence-corrected chi connectivity index (χ3v) is 5.34. The number of rotatable bonds is 6. The van der Waals surface area contributed by atoms with Gasteiger partial charge in [-0.2, -0.15) is 4.39 Å². The number of halogens is 1. The maximum Gasteiger partial charge on any atom is 0.399 e. The van der Waals surface area contributed by atoms with Gasteiger partial charge in [0.25, 0.3) is 5.56 Å². The van der Waals surface area contributed by atoms with Gasteiger partial charge in [0.2, 0.25) is 5.82 Å². The lowest BCUT2D eigenvalue weighted by Gasteiger charge is -2.24. The van der Waals surface area contributed by atoms with Gasteiger partial charge in [-0.1, -0.05) is 17.7 Å². The van der Waals surface area contributed by atoms with Crippen molar-refractivity contribution in [3.63, 3.8) is 0 Å². The quantitative estimate of drug-likeness (QED) is 0.341. The van der Waals surface area contributed by atoms with Crippen molar-refractivity contribution in [1.82, 2.24) is 9.55 Å². The molecule has 0 fully saturated rings. The van der Waals surface area contributed by atoms with Gasteiger partial charge in [-0.3, -0.25) is 18.8 Å². The van der Waals surface area contributed by atoms with E-state index in [0.717, 1.165) is 23.1 Å². The Balaban J connectivity index is 0.000000214. The van der Waals surface area contributed by atoms with Crippen LogP contribution in [-0.2, 0) is 26.9 Å². The van der Waals surface area contributed by atoms with Crippen molar-refractivity contribution < 1.29 is 32.9 Å². The van der Waals surface area contributed by atoms with Crippen molar-refractivity contribution in [1.29, 1.82) is 0 Å². The topological polar surface area (TPSA) is 115 Å². The first-order valence-corrected chi connectivity index (χ1v) is 10.4. The number of aliphatic hydroxyl groups excluding tert-OH is 2. The number of fused-ring (bicyclic) bond motifs is 1. The molecule has 3 N–H and O–H groups in total. The molecule has 0 amide bonds. The molecule has 2 atom stereocenters. The van der Waals surface area contributed by atoms with Gasteiger partial charge < -0.3 is 24.0 Å². The number of hydrogen-bond donors (Lipinski definition) is 3. The number of hydrogen-bond acceptors (Lipinski definition) is 8. The number of nitrogens with one attached hydrogen (secondary N) is 1. The normalized spacial score (nSPS) is 16.1. The van der Waals surface area contributed by atoms with E-state index in [1.807, 2.05) is 19.9 Å². The van der Waals surface area contributed by atoms with Crippen LogP contribution in [0.25, 0.3) is 0 Å². The van der Waals surface area contributed by atoms with Crippen molar-refractivity contribution >= 4 is 20.8 Å². The molecule has 1 aromatic heterocycles. The molecule has 1 aliphatic rings. The Morgan fingerprint density at radius 2 is 2.17 bits per heavy atom. The Labute approximate surface area is 179 Å². The Morgan fingerprint density at radius 3 is 2.83 bits per heavy atom. The number of H-pyrrole nitrogens is 1. The lowest BCUT2D eigenvalue weighted by atomic mass is 10.1. The summed E-state index contributed by atoms with van der Waals surface area (Å²) in [5.41, 5.74) is 2.45. The summed E-state index contributed by atoms with van der Waals surface area (Å²) < 4.78 is 34.6. The van der Waals surface area contributed by atoms with Crippen molar-refractivity contribution in [2.45, 2.75) is 39.7 Å². The fourth-order valence-corrected chi connectivity index (χ4v) is 3.80. The molecule has 2 heterocycles. The fourth-order valence-electron chi connectivity index (χ4n) is 2.63. The molecular formula is C18H24FN2O7PS. The van der Waals surface area contributed by atoms with E-state index in [1.54, 1.807) is 0 Å². The first-order chi connectivity index (χ1) is 14.2. The maximum absolute atomic E-state index is 12.9. The van der Waals surface area contributed by atoms with Crippen LogP contribution in [0.5, 0.6) is 5.75 Å². The molecule has 12 heteroatoms. The van der Waals surface area contributed by atoms with E-state index in [0.29, 0.717) is 6.61 Å². The zero-order valence-electron chi connectivity index (χ0n) is 16.8. The number of methoxy groups -OCH3 is 1. The molecule has 0 bridgehead atoms. The minimum Gasteiger partial charge on any atom is -0.426 e. The number of benzene rings is 1. The van der Waals surface area contributed by atoms with Gasteiger partial charge in [0, 0.05) is 31.8 Å². The summed E-state index contributed by atoms with van der Waals surface area (Å²) in [5.74, 6) is -0.0816. The smallest absolute Gasteiger partial charge is 0.399 e. The molecule has 1 aromatic carbocycles. The van der Waals surface area contributed by atoms with Crippen LogP contribution in [0.2, 0.25) is 0 Å². The van der Waals surface area contributed by atoms with E-state index in [4.69, 9.17) is 36.0 Å². The van der Waals surface area contributed by atoms with E-state index < -0.39 is 26.3 Å². The van der Waals surface area contributed by atoms with Crippen LogP contribution in [0.1, 0.15) is 23.1 Å². The largest absolute Gasteiger partial charge is 0.426 e. The third-order valence-electron chi connectivity index (χ3n) is 4.01. The highest BCUT2D eigenvalue weighted by atomic mass is 32.1. The molecule has 0 aliphatic carbocycles. The maximum atomic E-state index is 12.9. The predicted octanol–water partition coefficient (Wildman–Crippen LogP) is 2.81. The molecule has 0 radical (unpaired) electrons. The van der Waals surface area contributed by atoms with Gasteiger partial charge in [0.1, 0.15) is 5.75 Å². The molecule has 2 aromatic rings. The van der Waals surface area contributed by atoms with Gasteiger partial charge in [-0.15, -0.1) is 0 Å². The molecule has 9 nitrogen and oxygen atoms in total. The number of nitrogens with zero attached hydrogens (tertiary/aromatic N) is 1. The highest BCUT2D eigenvalue weighted by molar-refractivity contribution is 7.71. The Morgan fingerprint density at radius 1 is 1.43 bits per heavy atom. The lowest BCUT2D eigenvalue weighted by molar-refractivity contribution is -0.0803. The lowest BCUT2D eigenvalue weighted by Crippen LogP contribution is -2.19. The molecule has 0 saturated heterocycles. The van der Waals surface area contributed by atoms with E-state index in [1.165, 1.54) is 17.2 Å². The highest BCUT2D eigenvalue weighted by Crippen LogP contribution is 2.48. The average molecular weight is 462 g/mol. The standard InChI is InChI=1S/C10H13O4P.C8H11FN2O3S/c1-7-3-8(2)10-9(4-7)5-12-15(14-10)13-6-11;1-14-6(12)2-3-11-4-5(9)7(13)10-8(11)15/h3-4,11H,5-6H2,1-2H3;4,6,12H,2-3H2,1H3,(H,10,13,15)/t;6-/m.0/s1. The summed E-state index contributed by atoms with van der Waals surface area (Å²) in [7, 11) is -0.0758. The molecule has 30 heavy (non-hydrogen) atoms. The summed E-state index contributed by atoms with van der Waals surface area (Å²) in [6, 6.07) is 4.09. The van der Waals surface area contributed by atoms with E-state index in [-0.39, 0.29) is 24.5 Å². The SMILES string of the molecule is CO[C@H](O)CCn1cc(F)c(=O)[nH]c1=S.Cc1cc(C)c2c(c1)COP(OCO)O2. The van der Waals surface area contributed by atoms with Crippen molar-refractivity contribution in [3.8, 4) is 5.75 Å². The minimum absolute atomic E-state index is 0.115. The zero-order chi connectivity index (χ0) is 22.3. The Kier molecular flexibility index (Phi) is 9.50. The Bertz CT molecular complexity index is 969. The van der Waals surface area contributed by atoms with E-state index in [2.05, 4.69) is 15.8 Å². The number of aromatic amines is 1. The van der Waals surface area contributed by atoms with Gasteiger partial charge in [0.05, 0.1) is 6.61 Å². The molecule has 0 spiro atoms. The molecule has 3 rings (SSSR count). The molecule has 1 unspecified atom stereocenters. The van der Waals surface area contributed by atoms with Crippen LogP contribution >= 0.6 is 20.8 Å². The predicted molar refractivity (Wildman–Crippen MR) is 110 cm³/mol. The number of aliphatic hydroxyl groups is 2. The van der Waals surface area contributed by atoms with Gasteiger partial charge in [-0.05, 0) is 31.6 Å². The molecular weight excluding hydrogens is 438 g/mol. The summed E-state index contributed by atoms with van der Waals surface area (Å²) in [4.78, 5) is 13.0. The first-order valence-electron chi connectivity index (χ1n) is 8.90. The van der Waals surface area contributed by atoms with Crippen molar-refractivity contribution in [2.75, 3.05) is 13.9 Å². The van der Waals surface area contributed by atoms with E-state index >= 15 is 0 Å². The van der Waals surface area contributed by atoms with Crippen LogP contribution in [0.4, 0.5) is 4.39 Å². The van der Waals surface area contributed by atoms with Crippen molar-refractivity contribution in [2.24, 2.45) is 0 Å². The zero-order valence-corrected chi connectivity index (χ0v) is 18.5. The van der Waals surface area contributed by atoms with E-state index in [9.17, 15) is 9.18 Å². The second kappa shape index (κ2) is 11.6.